The molecule has 0 saturated carbocycles. The van der Waals surface area contributed by atoms with Crippen LogP contribution in [-0.4, -0.2) is 45.7 Å². The Kier molecular flexibility index (Phi) is 5.58. The molecule has 2 aromatic carbocycles. The average molecular weight is 440 g/mol. The predicted octanol–water partition coefficient (Wildman–Crippen LogP) is 4.91. The zero-order valence-electron chi connectivity index (χ0n) is 19.5. The van der Waals surface area contributed by atoms with Gasteiger partial charge in [0.2, 0.25) is 0 Å². The number of amides is 1. The molecule has 0 atom stereocenters. The van der Waals surface area contributed by atoms with Gasteiger partial charge in [0, 0.05) is 43.3 Å². The lowest BCUT2D eigenvalue weighted by Gasteiger charge is -2.24. The molecule has 1 aliphatic heterocycles. The van der Waals surface area contributed by atoms with E-state index in [0.29, 0.717) is 12.1 Å². The van der Waals surface area contributed by atoms with Gasteiger partial charge in [0.05, 0.1) is 22.5 Å². The van der Waals surface area contributed by atoms with Gasteiger partial charge in [-0.25, -0.2) is 9.67 Å². The third-order valence-corrected chi connectivity index (χ3v) is 6.52. The number of carbonyl (C=O) groups is 1. The van der Waals surface area contributed by atoms with Crippen molar-refractivity contribution >= 4 is 22.6 Å². The third-order valence-electron chi connectivity index (χ3n) is 6.52. The number of para-hydroxylation sites is 2. The van der Waals surface area contributed by atoms with E-state index in [1.54, 1.807) is 4.90 Å². The van der Waals surface area contributed by atoms with Crippen molar-refractivity contribution in [3.05, 3.63) is 83.2 Å². The number of benzene rings is 2. The molecule has 0 bridgehead atoms. The number of aromatic nitrogens is 3. The highest BCUT2D eigenvalue weighted by molar-refractivity contribution is 6.02. The summed E-state index contributed by atoms with van der Waals surface area (Å²) in [6.07, 6.45) is 2.27. The van der Waals surface area contributed by atoms with Crippen molar-refractivity contribution < 1.29 is 4.79 Å². The highest BCUT2D eigenvalue weighted by Gasteiger charge is 2.25. The van der Waals surface area contributed by atoms with Gasteiger partial charge in [-0.3, -0.25) is 4.79 Å². The standard InChI is InChI=1S/C27H29N5O/c1-19-24(20(2)32(29-19)22-12-5-4-6-13-22)18-30(3)27(33)23-17-21-11-7-8-14-25(21)28-26(23)31-15-9-10-16-31/h4-8,11-14,17H,9-10,15-16,18H2,1-3H3. The Labute approximate surface area is 194 Å². The number of anilines is 1. The summed E-state index contributed by atoms with van der Waals surface area (Å²) in [4.78, 5) is 22.6. The smallest absolute Gasteiger partial charge is 0.257 e. The lowest BCUT2D eigenvalue weighted by Crippen LogP contribution is -2.30. The molecule has 6 heteroatoms. The molecule has 6 nitrogen and oxygen atoms in total. The summed E-state index contributed by atoms with van der Waals surface area (Å²) in [7, 11) is 1.87. The molecule has 0 unspecified atom stereocenters. The monoisotopic (exact) mass is 439 g/mol. The summed E-state index contributed by atoms with van der Waals surface area (Å²) >= 11 is 0. The molecule has 33 heavy (non-hydrogen) atoms. The van der Waals surface area contributed by atoms with Crippen LogP contribution in [0.25, 0.3) is 16.6 Å². The van der Waals surface area contributed by atoms with Gasteiger partial charge < -0.3 is 9.80 Å². The summed E-state index contributed by atoms with van der Waals surface area (Å²) in [6.45, 7) is 6.45. The fourth-order valence-corrected chi connectivity index (χ4v) is 4.67. The van der Waals surface area contributed by atoms with E-state index < -0.39 is 0 Å². The molecule has 0 radical (unpaired) electrons. The van der Waals surface area contributed by atoms with Crippen LogP contribution in [0.15, 0.2) is 60.7 Å². The zero-order chi connectivity index (χ0) is 22.9. The van der Waals surface area contributed by atoms with Crippen LogP contribution in [0.3, 0.4) is 0 Å². The Morgan fingerprint density at radius 3 is 2.45 bits per heavy atom. The molecule has 1 amide bonds. The molecule has 0 aliphatic carbocycles. The summed E-state index contributed by atoms with van der Waals surface area (Å²) in [5, 5.41) is 5.73. The van der Waals surface area contributed by atoms with Crippen molar-refractivity contribution in [1.82, 2.24) is 19.7 Å². The van der Waals surface area contributed by atoms with Crippen molar-refractivity contribution in [1.29, 1.82) is 0 Å². The van der Waals surface area contributed by atoms with E-state index in [1.807, 2.05) is 79.3 Å². The van der Waals surface area contributed by atoms with Crippen molar-refractivity contribution in [2.24, 2.45) is 0 Å². The molecule has 1 fully saturated rings. The van der Waals surface area contributed by atoms with Crippen LogP contribution in [0.4, 0.5) is 5.82 Å². The molecule has 4 aromatic rings. The molecule has 3 heterocycles. The van der Waals surface area contributed by atoms with Gasteiger partial charge in [-0.2, -0.15) is 5.10 Å². The fraction of sp³-hybridized carbons (Fsp3) is 0.296. The molecule has 0 N–H and O–H groups in total. The lowest BCUT2D eigenvalue weighted by molar-refractivity contribution is 0.0785. The minimum absolute atomic E-state index is 0.0126. The fourth-order valence-electron chi connectivity index (χ4n) is 4.67. The summed E-state index contributed by atoms with van der Waals surface area (Å²) in [6, 6.07) is 20.1. The Morgan fingerprint density at radius 1 is 1.00 bits per heavy atom. The van der Waals surface area contributed by atoms with Gasteiger partial charge in [0.15, 0.2) is 0 Å². The zero-order valence-corrected chi connectivity index (χ0v) is 19.5. The van der Waals surface area contributed by atoms with Gasteiger partial charge in [-0.1, -0.05) is 36.4 Å². The molecule has 168 valence electrons. The summed E-state index contributed by atoms with van der Waals surface area (Å²) < 4.78 is 1.95. The quantitative estimate of drug-likeness (QED) is 0.443. The van der Waals surface area contributed by atoms with Gasteiger partial charge >= 0.3 is 0 Å². The topological polar surface area (TPSA) is 54.3 Å². The minimum Gasteiger partial charge on any atom is -0.356 e. The van der Waals surface area contributed by atoms with E-state index in [-0.39, 0.29) is 5.91 Å². The van der Waals surface area contributed by atoms with Crippen LogP contribution in [0.1, 0.15) is 40.2 Å². The number of pyridine rings is 1. The highest BCUT2D eigenvalue weighted by atomic mass is 16.2. The molecular weight excluding hydrogens is 410 g/mol. The number of carbonyl (C=O) groups excluding carboxylic acids is 1. The number of rotatable bonds is 5. The average Bonchev–Trinajstić information content (AvgIpc) is 3.48. The van der Waals surface area contributed by atoms with Crippen LogP contribution in [-0.2, 0) is 6.54 Å². The Bertz CT molecular complexity index is 1310. The number of nitrogens with zero attached hydrogens (tertiary/aromatic N) is 5. The second-order valence-corrected chi connectivity index (χ2v) is 8.80. The Balaban J connectivity index is 1.48. The Hall–Kier alpha value is -3.67. The van der Waals surface area contributed by atoms with E-state index in [9.17, 15) is 4.79 Å². The van der Waals surface area contributed by atoms with Crippen molar-refractivity contribution in [2.75, 3.05) is 25.0 Å². The van der Waals surface area contributed by atoms with Gasteiger partial charge in [0.25, 0.3) is 5.91 Å². The third kappa shape index (κ3) is 3.97. The number of hydrogen-bond donors (Lipinski definition) is 0. The second-order valence-electron chi connectivity index (χ2n) is 8.80. The van der Waals surface area contributed by atoms with Crippen LogP contribution in [0.2, 0.25) is 0 Å². The van der Waals surface area contributed by atoms with Crippen molar-refractivity contribution in [3.8, 4) is 5.69 Å². The second kappa shape index (κ2) is 8.70. The predicted molar refractivity (Wildman–Crippen MR) is 132 cm³/mol. The Morgan fingerprint density at radius 2 is 1.70 bits per heavy atom. The number of aryl methyl sites for hydroxylation is 1. The van der Waals surface area contributed by atoms with Crippen molar-refractivity contribution in [3.63, 3.8) is 0 Å². The van der Waals surface area contributed by atoms with Gasteiger partial charge in [-0.05, 0) is 51.0 Å². The first kappa shape index (κ1) is 21.2. The minimum atomic E-state index is -0.0126. The molecule has 2 aromatic heterocycles. The van der Waals surface area contributed by atoms with E-state index in [1.165, 1.54) is 0 Å². The van der Waals surface area contributed by atoms with E-state index >= 15 is 0 Å². The normalized spacial score (nSPS) is 13.6. The lowest BCUT2D eigenvalue weighted by atomic mass is 10.1. The maximum atomic E-state index is 13.7. The van der Waals surface area contributed by atoms with Crippen LogP contribution >= 0.6 is 0 Å². The van der Waals surface area contributed by atoms with E-state index in [4.69, 9.17) is 10.1 Å². The van der Waals surface area contributed by atoms with Crippen LogP contribution in [0, 0.1) is 13.8 Å². The van der Waals surface area contributed by atoms with Crippen LogP contribution in [0.5, 0.6) is 0 Å². The van der Waals surface area contributed by atoms with Gasteiger partial charge in [0.1, 0.15) is 5.82 Å². The molecule has 0 spiro atoms. The number of hydrogen-bond acceptors (Lipinski definition) is 4. The highest BCUT2D eigenvalue weighted by Crippen LogP contribution is 2.28. The van der Waals surface area contributed by atoms with Crippen LogP contribution < -0.4 is 4.90 Å². The molecule has 1 aliphatic rings. The molecule has 5 rings (SSSR count). The van der Waals surface area contributed by atoms with Gasteiger partial charge in [-0.15, -0.1) is 0 Å². The van der Waals surface area contributed by atoms with E-state index in [2.05, 4.69) is 11.8 Å². The first-order valence-electron chi connectivity index (χ1n) is 11.5. The molecular formula is C27H29N5O. The first-order valence-corrected chi connectivity index (χ1v) is 11.5. The summed E-state index contributed by atoms with van der Waals surface area (Å²) in [5.41, 5.74) is 5.68. The molecule has 1 saturated heterocycles. The van der Waals surface area contributed by atoms with E-state index in [0.717, 1.165) is 65.3 Å². The number of fused-ring (bicyclic) bond motifs is 1. The summed E-state index contributed by atoms with van der Waals surface area (Å²) in [5.74, 6) is 0.790. The SMILES string of the molecule is Cc1nn(-c2ccccc2)c(C)c1CN(C)C(=O)c1cc2ccccc2nc1N1CCCC1. The van der Waals surface area contributed by atoms with Crippen molar-refractivity contribution in [2.45, 2.75) is 33.2 Å². The first-order chi connectivity index (χ1) is 16.0. The maximum absolute atomic E-state index is 13.7. The maximum Gasteiger partial charge on any atom is 0.257 e. The largest absolute Gasteiger partial charge is 0.356 e.